The molecule has 0 amide bonds. The van der Waals surface area contributed by atoms with Crippen LogP contribution in [0, 0.1) is 11.3 Å². The topological polar surface area (TPSA) is 62.5 Å². The minimum absolute atomic E-state index is 0.00741. The smallest absolute Gasteiger partial charge is 0.0850 e. The molecule has 1 fully saturated rings. The molecule has 20 heavy (non-hydrogen) atoms. The third-order valence-electron chi connectivity index (χ3n) is 2.79. The van der Waals surface area contributed by atoms with Crippen molar-refractivity contribution in [3.8, 4) is 0 Å². The normalized spacial score (nSPS) is 22.2. The Morgan fingerprint density at radius 1 is 1.55 bits per heavy atom. The first kappa shape index (κ1) is 18.8. The molecule has 1 heterocycles. The second-order valence-electron chi connectivity index (χ2n) is 4.34. The van der Waals surface area contributed by atoms with Crippen molar-refractivity contribution in [3.05, 3.63) is 37.0 Å². The molecule has 2 atom stereocenters. The molecule has 0 unspecified atom stereocenters. The summed E-state index contributed by atoms with van der Waals surface area (Å²) < 4.78 is 11.0. The first-order valence-corrected chi connectivity index (χ1v) is 7.01. The summed E-state index contributed by atoms with van der Waals surface area (Å²) in [6.45, 7) is 12.6. The van der Waals surface area contributed by atoms with Gasteiger partial charge in [0.1, 0.15) is 0 Å². The van der Waals surface area contributed by atoms with Crippen LogP contribution >= 0.6 is 0 Å². The lowest BCUT2D eigenvalue weighted by atomic mass is 9.95. The van der Waals surface area contributed by atoms with E-state index in [9.17, 15) is 0 Å². The zero-order valence-corrected chi connectivity index (χ0v) is 12.6. The number of aliphatic hydroxyl groups is 1. The highest BCUT2D eigenvalue weighted by atomic mass is 16.5. The number of rotatable bonds is 7. The Balaban J connectivity index is 0.00000172. The fourth-order valence-corrected chi connectivity index (χ4v) is 1.73. The summed E-state index contributed by atoms with van der Waals surface area (Å²) in [5.41, 5.74) is 1.34. The van der Waals surface area contributed by atoms with Crippen molar-refractivity contribution in [2.45, 2.75) is 26.4 Å². The lowest BCUT2D eigenvalue weighted by Gasteiger charge is -2.29. The van der Waals surface area contributed by atoms with E-state index in [0.717, 1.165) is 5.57 Å². The van der Waals surface area contributed by atoms with Gasteiger partial charge in [0.25, 0.3) is 0 Å². The quantitative estimate of drug-likeness (QED) is 0.705. The van der Waals surface area contributed by atoms with Crippen LogP contribution in [0.2, 0.25) is 0 Å². The summed E-state index contributed by atoms with van der Waals surface area (Å²) in [6, 6.07) is 0. The van der Waals surface area contributed by atoms with Gasteiger partial charge < -0.3 is 20.0 Å². The SMILES string of the molecule is C=C/C=C\C(=C)COC[C@H]1C[C@@H](CO)C(=N)CO1.CC. The zero-order chi connectivity index (χ0) is 15.4. The zero-order valence-electron chi connectivity index (χ0n) is 12.6. The van der Waals surface area contributed by atoms with E-state index in [1.54, 1.807) is 6.08 Å². The van der Waals surface area contributed by atoms with Crippen LogP contribution in [0.4, 0.5) is 0 Å². The molecule has 4 nitrogen and oxygen atoms in total. The molecule has 0 spiro atoms. The maximum atomic E-state index is 9.12. The summed E-state index contributed by atoms with van der Waals surface area (Å²) in [5.74, 6) is -0.0868. The first-order valence-electron chi connectivity index (χ1n) is 7.01. The third-order valence-corrected chi connectivity index (χ3v) is 2.79. The Morgan fingerprint density at radius 2 is 2.25 bits per heavy atom. The molecule has 0 aromatic carbocycles. The molecule has 0 aromatic heterocycles. The summed E-state index contributed by atoms with van der Waals surface area (Å²) in [6.07, 6.45) is 5.94. The van der Waals surface area contributed by atoms with Gasteiger partial charge in [-0.3, -0.25) is 0 Å². The molecule has 1 aliphatic rings. The molecule has 0 aliphatic carbocycles. The molecule has 4 heteroatoms. The number of hydrogen-bond acceptors (Lipinski definition) is 4. The van der Waals surface area contributed by atoms with Gasteiger partial charge in [0.15, 0.2) is 0 Å². The van der Waals surface area contributed by atoms with Crippen LogP contribution in [-0.4, -0.2) is 43.3 Å². The van der Waals surface area contributed by atoms with Crippen molar-refractivity contribution in [2.24, 2.45) is 5.92 Å². The van der Waals surface area contributed by atoms with Gasteiger partial charge in [-0.05, 0) is 12.0 Å². The second kappa shape index (κ2) is 11.6. The number of allylic oxidation sites excluding steroid dienone is 2. The molecule has 1 aliphatic heterocycles. The Morgan fingerprint density at radius 3 is 2.85 bits per heavy atom. The second-order valence-corrected chi connectivity index (χ2v) is 4.34. The third kappa shape index (κ3) is 7.38. The lowest BCUT2D eigenvalue weighted by molar-refractivity contribution is -0.0211. The highest BCUT2D eigenvalue weighted by molar-refractivity contribution is 5.85. The number of nitrogens with one attached hydrogen (secondary N) is 1. The monoisotopic (exact) mass is 281 g/mol. The largest absolute Gasteiger partial charge is 0.396 e. The van der Waals surface area contributed by atoms with Crippen LogP contribution in [0.1, 0.15) is 20.3 Å². The molecule has 0 bridgehead atoms. The highest BCUT2D eigenvalue weighted by Gasteiger charge is 2.26. The van der Waals surface area contributed by atoms with E-state index in [2.05, 4.69) is 13.2 Å². The molecule has 0 saturated carbocycles. The summed E-state index contributed by atoms with van der Waals surface area (Å²) in [7, 11) is 0. The fourth-order valence-electron chi connectivity index (χ4n) is 1.73. The van der Waals surface area contributed by atoms with E-state index in [0.29, 0.717) is 25.3 Å². The summed E-state index contributed by atoms with van der Waals surface area (Å²) in [5, 5.41) is 16.7. The predicted octanol–water partition coefficient (Wildman–Crippen LogP) is 2.74. The van der Waals surface area contributed by atoms with Crippen LogP contribution in [-0.2, 0) is 9.47 Å². The fraction of sp³-hybridized carbons (Fsp3) is 0.562. The van der Waals surface area contributed by atoms with Gasteiger partial charge in [0.05, 0.1) is 32.5 Å². The van der Waals surface area contributed by atoms with Crippen LogP contribution in [0.25, 0.3) is 0 Å². The Bertz CT molecular complexity index is 337. The number of hydrogen-bond donors (Lipinski definition) is 2. The Kier molecular flexibility index (Phi) is 10.9. The maximum Gasteiger partial charge on any atom is 0.0850 e. The number of ether oxygens (including phenoxy) is 2. The minimum atomic E-state index is -0.0868. The van der Waals surface area contributed by atoms with E-state index in [1.807, 2.05) is 26.0 Å². The van der Waals surface area contributed by atoms with Gasteiger partial charge in [0, 0.05) is 11.6 Å². The molecule has 2 N–H and O–H groups in total. The van der Waals surface area contributed by atoms with Gasteiger partial charge in [-0.25, -0.2) is 0 Å². The highest BCUT2D eigenvalue weighted by Crippen LogP contribution is 2.17. The van der Waals surface area contributed by atoms with Gasteiger partial charge in [0.2, 0.25) is 0 Å². The van der Waals surface area contributed by atoms with Crippen LogP contribution < -0.4 is 0 Å². The van der Waals surface area contributed by atoms with Crippen molar-refractivity contribution >= 4 is 5.71 Å². The van der Waals surface area contributed by atoms with Crippen molar-refractivity contribution < 1.29 is 14.6 Å². The Hall–Kier alpha value is -1.23. The average Bonchev–Trinajstić information content (AvgIpc) is 2.49. The van der Waals surface area contributed by atoms with Crippen molar-refractivity contribution in [1.82, 2.24) is 0 Å². The minimum Gasteiger partial charge on any atom is -0.396 e. The van der Waals surface area contributed by atoms with Crippen molar-refractivity contribution in [2.75, 3.05) is 26.4 Å². The average molecular weight is 281 g/mol. The van der Waals surface area contributed by atoms with E-state index >= 15 is 0 Å². The van der Waals surface area contributed by atoms with Crippen molar-refractivity contribution in [1.29, 1.82) is 5.41 Å². The van der Waals surface area contributed by atoms with Gasteiger partial charge in [-0.15, -0.1) is 0 Å². The molecule has 114 valence electrons. The molecular weight excluding hydrogens is 254 g/mol. The van der Waals surface area contributed by atoms with E-state index in [4.69, 9.17) is 20.0 Å². The summed E-state index contributed by atoms with van der Waals surface area (Å²) in [4.78, 5) is 0. The van der Waals surface area contributed by atoms with E-state index in [-0.39, 0.29) is 25.2 Å². The van der Waals surface area contributed by atoms with Crippen LogP contribution in [0.3, 0.4) is 0 Å². The molecule has 0 radical (unpaired) electrons. The maximum absolute atomic E-state index is 9.12. The van der Waals surface area contributed by atoms with Gasteiger partial charge in [-0.1, -0.05) is 45.2 Å². The molecule has 1 saturated heterocycles. The molecular formula is C16H27NO3. The standard InChI is InChI=1S/C14H21NO3.C2H6/c1-3-4-5-11(2)8-17-9-13-6-12(7-16)14(15)10-18-13;1-2/h3-5,12-13,15-16H,1-2,6-10H2;1-2H3/b5-4-,15-14?;/t12-,13+;/m0./s1. The number of aliphatic hydroxyl groups excluding tert-OH is 1. The van der Waals surface area contributed by atoms with Crippen molar-refractivity contribution in [3.63, 3.8) is 0 Å². The van der Waals surface area contributed by atoms with Crippen LogP contribution in [0.5, 0.6) is 0 Å². The van der Waals surface area contributed by atoms with E-state index in [1.165, 1.54) is 0 Å². The molecule has 1 rings (SSSR count). The van der Waals surface area contributed by atoms with Crippen LogP contribution in [0.15, 0.2) is 37.0 Å². The lowest BCUT2D eigenvalue weighted by Crippen LogP contribution is -2.37. The Labute approximate surface area is 122 Å². The summed E-state index contributed by atoms with van der Waals surface area (Å²) >= 11 is 0. The predicted molar refractivity (Wildman–Crippen MR) is 83.3 cm³/mol. The van der Waals surface area contributed by atoms with Gasteiger partial charge in [-0.2, -0.15) is 0 Å². The van der Waals surface area contributed by atoms with E-state index < -0.39 is 0 Å². The first-order chi connectivity index (χ1) is 9.67. The molecule has 0 aromatic rings. The van der Waals surface area contributed by atoms with Gasteiger partial charge >= 0.3 is 0 Å².